The second kappa shape index (κ2) is 20.0. The van der Waals surface area contributed by atoms with Crippen LogP contribution in [0.4, 0.5) is 16.3 Å². The van der Waals surface area contributed by atoms with Crippen molar-refractivity contribution in [2.24, 2.45) is 11.8 Å². The maximum absolute atomic E-state index is 13.8. The Hall–Kier alpha value is -6.59. The zero-order valence-electron chi connectivity index (χ0n) is 40.0. The number of urea groups is 1. The highest BCUT2D eigenvalue weighted by molar-refractivity contribution is 6.05. The van der Waals surface area contributed by atoms with Crippen LogP contribution in [0.15, 0.2) is 79.1 Å². The smallest absolute Gasteiger partial charge is 0.319 e. The predicted octanol–water partition coefficient (Wildman–Crippen LogP) is 6.02. The van der Waals surface area contributed by atoms with Gasteiger partial charge in [0.2, 0.25) is 11.8 Å². The molecule has 6 aliphatic rings. The molecule has 6 aliphatic heterocycles. The van der Waals surface area contributed by atoms with E-state index < -0.39 is 6.04 Å². The Balaban J connectivity index is 0.608. The number of hydrogen-bond donors (Lipinski definition) is 2. The number of piperazine rings is 1. The maximum atomic E-state index is 13.8. The van der Waals surface area contributed by atoms with E-state index in [2.05, 4.69) is 45.5 Å². The number of ether oxygens (including phenoxy) is 1. The molecule has 0 spiro atoms. The summed E-state index contributed by atoms with van der Waals surface area (Å²) in [5.41, 5.74) is 11.7. The van der Waals surface area contributed by atoms with Gasteiger partial charge in [0.15, 0.2) is 5.65 Å². The molecule has 0 radical (unpaired) electrons. The molecule has 8 heterocycles. The first-order chi connectivity index (χ1) is 34.2. The molecule has 2 atom stereocenters. The lowest BCUT2D eigenvalue weighted by molar-refractivity contribution is -0.136. The Morgan fingerprint density at radius 1 is 0.757 bits per heavy atom. The molecule has 17 nitrogen and oxygen atoms in total. The average molecular weight is 949 g/mol. The monoisotopic (exact) mass is 949 g/mol. The predicted molar refractivity (Wildman–Crippen MR) is 266 cm³/mol. The standard InChI is InChI=1S/C53H64N12O5/c54-49-47-48(38-8-11-43(12-9-38)70-42-6-2-1-3-7-42)58-65(50(47)56-35-55-49)41-5-4-21-60(34-41)32-37-19-25-63(26-20-37)53(69)62-23-17-36(18-24-62)16-22-59-27-29-61(30-28-59)40-10-13-44-39(31-40)33-64(52(44)68)45-14-15-46(66)57-51(45)67/h1-3,6-13,31,35-37,41,45H,4-5,14-30,32-34H2,(H2,54,55,56)(H,57,66,67). The number of para-hydroxylation sites is 1. The van der Waals surface area contributed by atoms with Crippen LogP contribution >= 0.6 is 0 Å². The largest absolute Gasteiger partial charge is 0.457 e. The molecule has 0 bridgehead atoms. The van der Waals surface area contributed by atoms with Gasteiger partial charge in [-0.05, 0) is 136 Å². The SMILES string of the molecule is Nc1ncnc2c1c(-c1ccc(Oc3ccccc3)cc1)nn2C1CCCN(CC2CCN(C(=O)N3CCC(CCN4CCN(c5ccc6c(c5)CN(C5CCC(=O)NC5=O)C6=O)CC4)CC3)CC2)C1. The number of anilines is 2. The van der Waals surface area contributed by atoms with Crippen molar-refractivity contribution in [3.8, 4) is 22.8 Å². The number of carbonyl (C=O) groups is 4. The van der Waals surface area contributed by atoms with E-state index in [1.54, 1.807) is 4.90 Å². The van der Waals surface area contributed by atoms with Gasteiger partial charge in [0.1, 0.15) is 35.4 Å². The molecule has 366 valence electrons. The van der Waals surface area contributed by atoms with Crippen molar-refractivity contribution < 1.29 is 23.9 Å². The first-order valence-electron chi connectivity index (χ1n) is 25.5. The van der Waals surface area contributed by atoms with Crippen LogP contribution in [-0.4, -0.2) is 153 Å². The minimum absolute atomic E-state index is 0.135. The molecule has 0 saturated carbocycles. The van der Waals surface area contributed by atoms with E-state index in [0.717, 1.165) is 169 Å². The second-order valence-corrected chi connectivity index (χ2v) is 20.2. The Bertz CT molecular complexity index is 2710. The molecular formula is C53H64N12O5. The average Bonchev–Trinajstić information content (AvgIpc) is 3.95. The van der Waals surface area contributed by atoms with E-state index in [9.17, 15) is 19.2 Å². The lowest BCUT2D eigenvalue weighted by Crippen LogP contribution is -2.52. The number of fused-ring (bicyclic) bond motifs is 2. The summed E-state index contributed by atoms with van der Waals surface area (Å²) >= 11 is 0. The van der Waals surface area contributed by atoms with E-state index in [-0.39, 0.29) is 36.2 Å². The third-order valence-corrected chi connectivity index (χ3v) is 15.8. The van der Waals surface area contributed by atoms with Crippen LogP contribution in [0.1, 0.15) is 79.8 Å². The third kappa shape index (κ3) is 9.65. The molecule has 5 amide bonds. The molecular weight excluding hydrogens is 885 g/mol. The van der Waals surface area contributed by atoms with Crippen LogP contribution < -0.4 is 20.7 Å². The van der Waals surface area contributed by atoms with Gasteiger partial charge in [0, 0.05) is 95.2 Å². The normalized spacial score (nSPS) is 22.2. The number of nitrogens with two attached hydrogens (primary N) is 1. The van der Waals surface area contributed by atoms with Crippen LogP contribution in [0, 0.1) is 11.8 Å². The van der Waals surface area contributed by atoms with Gasteiger partial charge in [-0.25, -0.2) is 19.4 Å². The van der Waals surface area contributed by atoms with Gasteiger partial charge < -0.3 is 35.0 Å². The number of carbonyl (C=O) groups excluding carboxylic acids is 4. The van der Waals surface area contributed by atoms with Gasteiger partial charge in [-0.2, -0.15) is 5.10 Å². The molecule has 17 heteroatoms. The number of benzene rings is 3. The Morgan fingerprint density at radius 2 is 1.49 bits per heavy atom. The number of aromatic nitrogens is 4. The molecule has 5 aromatic rings. The lowest BCUT2D eigenvalue weighted by Gasteiger charge is -2.41. The third-order valence-electron chi connectivity index (χ3n) is 15.8. The van der Waals surface area contributed by atoms with Crippen molar-refractivity contribution in [2.45, 2.75) is 76.4 Å². The minimum atomic E-state index is -0.600. The second-order valence-electron chi connectivity index (χ2n) is 20.2. The van der Waals surface area contributed by atoms with Gasteiger partial charge in [0.05, 0.1) is 11.4 Å². The number of likely N-dealkylation sites (tertiary alicyclic amines) is 3. The van der Waals surface area contributed by atoms with E-state index in [4.69, 9.17) is 20.6 Å². The number of imide groups is 1. The summed E-state index contributed by atoms with van der Waals surface area (Å²) in [7, 11) is 0. The van der Waals surface area contributed by atoms with Crippen LogP contribution in [-0.2, 0) is 16.1 Å². The summed E-state index contributed by atoms with van der Waals surface area (Å²) in [6, 6.07) is 23.5. The fourth-order valence-electron chi connectivity index (χ4n) is 11.8. The summed E-state index contributed by atoms with van der Waals surface area (Å²) in [4.78, 5) is 73.5. The molecule has 5 fully saturated rings. The molecule has 2 unspecified atom stereocenters. The van der Waals surface area contributed by atoms with Crippen molar-refractivity contribution in [3.05, 3.63) is 90.3 Å². The van der Waals surface area contributed by atoms with E-state index in [1.165, 1.54) is 6.33 Å². The summed E-state index contributed by atoms with van der Waals surface area (Å²) in [5, 5.41) is 8.34. The van der Waals surface area contributed by atoms with Gasteiger partial charge in [0.25, 0.3) is 5.91 Å². The molecule has 5 saturated heterocycles. The van der Waals surface area contributed by atoms with E-state index in [1.807, 2.05) is 66.7 Å². The van der Waals surface area contributed by atoms with E-state index >= 15 is 0 Å². The fraction of sp³-hybridized carbons (Fsp3) is 0.491. The van der Waals surface area contributed by atoms with Crippen molar-refractivity contribution in [1.29, 1.82) is 0 Å². The van der Waals surface area contributed by atoms with Gasteiger partial charge in [-0.15, -0.1) is 0 Å². The highest BCUT2D eigenvalue weighted by Crippen LogP contribution is 2.36. The Morgan fingerprint density at radius 3 is 2.23 bits per heavy atom. The molecule has 3 aromatic carbocycles. The maximum Gasteiger partial charge on any atom is 0.319 e. The van der Waals surface area contributed by atoms with Crippen molar-refractivity contribution in [2.75, 3.05) is 89.2 Å². The van der Waals surface area contributed by atoms with Gasteiger partial charge in [-0.1, -0.05) is 18.2 Å². The van der Waals surface area contributed by atoms with E-state index in [0.29, 0.717) is 36.2 Å². The fourth-order valence-corrected chi connectivity index (χ4v) is 11.8. The number of piperidine rings is 4. The molecule has 0 aliphatic carbocycles. The van der Waals surface area contributed by atoms with Crippen LogP contribution in [0.2, 0.25) is 0 Å². The zero-order chi connectivity index (χ0) is 47.7. The quantitative estimate of drug-likeness (QED) is 0.147. The number of rotatable bonds is 11. The summed E-state index contributed by atoms with van der Waals surface area (Å²) in [5.74, 6) is 2.35. The molecule has 2 aromatic heterocycles. The highest BCUT2D eigenvalue weighted by atomic mass is 16.5. The molecule has 3 N–H and O–H groups in total. The number of hydrogen-bond acceptors (Lipinski definition) is 12. The van der Waals surface area contributed by atoms with Crippen LogP contribution in [0.5, 0.6) is 11.5 Å². The highest BCUT2D eigenvalue weighted by Gasteiger charge is 2.40. The zero-order valence-corrected chi connectivity index (χ0v) is 40.0. The van der Waals surface area contributed by atoms with Crippen LogP contribution in [0.25, 0.3) is 22.3 Å². The minimum Gasteiger partial charge on any atom is -0.457 e. The summed E-state index contributed by atoms with van der Waals surface area (Å²) in [6.07, 6.45) is 9.56. The topological polar surface area (TPSA) is 179 Å². The first kappa shape index (κ1) is 45.8. The summed E-state index contributed by atoms with van der Waals surface area (Å²) < 4.78 is 8.12. The number of nitrogens with zero attached hydrogens (tertiary/aromatic N) is 10. The molecule has 70 heavy (non-hydrogen) atoms. The lowest BCUT2D eigenvalue weighted by atomic mass is 9.93. The summed E-state index contributed by atoms with van der Waals surface area (Å²) in [6.45, 7) is 11.6. The van der Waals surface area contributed by atoms with Gasteiger partial charge >= 0.3 is 6.03 Å². The number of amides is 5. The van der Waals surface area contributed by atoms with Crippen molar-refractivity contribution >= 4 is 46.3 Å². The Labute approximate surface area is 408 Å². The number of nitrogen functional groups attached to an aromatic ring is 1. The number of nitrogens with one attached hydrogen (secondary N) is 1. The Kier molecular flexibility index (Phi) is 13.1. The van der Waals surface area contributed by atoms with Crippen LogP contribution in [0.3, 0.4) is 0 Å². The van der Waals surface area contributed by atoms with Gasteiger partial charge in [-0.3, -0.25) is 24.6 Å². The van der Waals surface area contributed by atoms with Crippen molar-refractivity contribution in [1.82, 2.24) is 49.6 Å². The first-order valence-corrected chi connectivity index (χ1v) is 25.5. The van der Waals surface area contributed by atoms with Crippen molar-refractivity contribution in [3.63, 3.8) is 0 Å². The molecule has 11 rings (SSSR count).